The molecule has 0 radical (unpaired) electrons. The lowest BCUT2D eigenvalue weighted by Crippen LogP contribution is -2.44. The third-order valence-electron chi connectivity index (χ3n) is 4.98. The SMILES string of the molecule is COc1cccc2c1N=C(Nc1ccccc1O)N(C)C2NCc1ccccc1. The lowest BCUT2D eigenvalue weighted by atomic mass is 10.1. The summed E-state index contributed by atoms with van der Waals surface area (Å²) in [6, 6.07) is 23.3. The highest BCUT2D eigenvalue weighted by Gasteiger charge is 2.29. The number of methoxy groups -OCH3 is 1. The molecule has 3 aromatic rings. The number of anilines is 1. The van der Waals surface area contributed by atoms with Crippen molar-refractivity contribution in [2.75, 3.05) is 19.5 Å². The number of guanidine groups is 1. The second kappa shape index (κ2) is 8.24. The molecular weight excluding hydrogens is 364 g/mol. The Morgan fingerprint density at radius 3 is 2.52 bits per heavy atom. The Morgan fingerprint density at radius 1 is 1.00 bits per heavy atom. The van der Waals surface area contributed by atoms with Crippen molar-refractivity contribution in [2.24, 2.45) is 4.99 Å². The van der Waals surface area contributed by atoms with Crippen LogP contribution in [0.5, 0.6) is 11.5 Å². The van der Waals surface area contributed by atoms with E-state index in [0.717, 1.165) is 11.3 Å². The first-order valence-electron chi connectivity index (χ1n) is 9.48. The molecule has 29 heavy (non-hydrogen) atoms. The quantitative estimate of drug-likeness (QED) is 0.571. The zero-order valence-corrected chi connectivity index (χ0v) is 16.5. The maximum absolute atomic E-state index is 10.2. The highest BCUT2D eigenvalue weighted by molar-refractivity contribution is 5.98. The monoisotopic (exact) mass is 388 g/mol. The smallest absolute Gasteiger partial charge is 0.205 e. The first-order chi connectivity index (χ1) is 14.2. The predicted octanol–water partition coefficient (Wildman–Crippen LogP) is 4.23. The van der Waals surface area contributed by atoms with Crippen LogP contribution in [0, 0.1) is 0 Å². The largest absolute Gasteiger partial charge is 0.506 e. The molecule has 0 amide bonds. The number of phenols is 1. The summed E-state index contributed by atoms with van der Waals surface area (Å²) in [5.74, 6) is 1.50. The van der Waals surface area contributed by atoms with Gasteiger partial charge in [-0.05, 0) is 23.8 Å². The molecule has 0 saturated carbocycles. The minimum absolute atomic E-state index is 0.119. The van der Waals surface area contributed by atoms with Crippen molar-refractivity contribution in [3.63, 3.8) is 0 Å². The van der Waals surface area contributed by atoms with E-state index in [9.17, 15) is 5.11 Å². The van der Waals surface area contributed by atoms with Crippen LogP contribution in [0.15, 0.2) is 77.8 Å². The molecule has 6 heteroatoms. The molecule has 0 aliphatic carbocycles. The van der Waals surface area contributed by atoms with Gasteiger partial charge < -0.3 is 20.1 Å². The minimum Gasteiger partial charge on any atom is -0.506 e. The first kappa shape index (κ1) is 18.8. The topological polar surface area (TPSA) is 69.1 Å². The molecule has 3 N–H and O–H groups in total. The number of para-hydroxylation sites is 3. The van der Waals surface area contributed by atoms with Gasteiger partial charge >= 0.3 is 0 Å². The maximum atomic E-state index is 10.2. The van der Waals surface area contributed by atoms with Gasteiger partial charge in [0.25, 0.3) is 0 Å². The molecule has 0 bridgehead atoms. The van der Waals surface area contributed by atoms with Crippen LogP contribution < -0.4 is 15.4 Å². The van der Waals surface area contributed by atoms with E-state index < -0.39 is 0 Å². The first-order valence-corrected chi connectivity index (χ1v) is 9.48. The van der Waals surface area contributed by atoms with E-state index in [2.05, 4.69) is 28.8 Å². The van der Waals surface area contributed by atoms with Gasteiger partial charge in [0.15, 0.2) is 0 Å². The number of fused-ring (bicyclic) bond motifs is 1. The summed E-state index contributed by atoms with van der Waals surface area (Å²) in [5.41, 5.74) is 3.60. The van der Waals surface area contributed by atoms with Crippen LogP contribution in [0.4, 0.5) is 11.4 Å². The second-order valence-electron chi connectivity index (χ2n) is 6.86. The molecule has 4 rings (SSSR count). The van der Waals surface area contributed by atoms with Crippen molar-refractivity contribution < 1.29 is 9.84 Å². The van der Waals surface area contributed by atoms with Crippen LogP contribution in [-0.4, -0.2) is 30.1 Å². The average Bonchev–Trinajstić information content (AvgIpc) is 2.75. The van der Waals surface area contributed by atoms with Crippen molar-refractivity contribution >= 4 is 17.3 Å². The molecule has 148 valence electrons. The van der Waals surface area contributed by atoms with Crippen molar-refractivity contribution in [3.8, 4) is 11.5 Å². The van der Waals surface area contributed by atoms with Gasteiger partial charge in [0, 0.05) is 19.2 Å². The minimum atomic E-state index is -0.119. The Morgan fingerprint density at radius 2 is 1.76 bits per heavy atom. The Bertz CT molecular complexity index is 1020. The summed E-state index contributed by atoms with van der Waals surface area (Å²) in [6.07, 6.45) is -0.119. The van der Waals surface area contributed by atoms with Crippen LogP contribution in [0.2, 0.25) is 0 Å². The van der Waals surface area contributed by atoms with Crippen LogP contribution >= 0.6 is 0 Å². The van der Waals surface area contributed by atoms with Crippen LogP contribution in [0.25, 0.3) is 0 Å². The van der Waals surface area contributed by atoms with Crippen LogP contribution in [-0.2, 0) is 6.54 Å². The third-order valence-corrected chi connectivity index (χ3v) is 4.98. The molecule has 0 saturated heterocycles. The Balaban J connectivity index is 1.69. The number of nitrogens with one attached hydrogen (secondary N) is 2. The van der Waals surface area contributed by atoms with E-state index in [1.54, 1.807) is 19.2 Å². The molecule has 1 aliphatic heterocycles. The molecule has 1 unspecified atom stereocenters. The molecule has 1 aliphatic rings. The summed E-state index contributed by atoms with van der Waals surface area (Å²) in [5, 5.41) is 17.0. The van der Waals surface area contributed by atoms with Crippen LogP contribution in [0.1, 0.15) is 17.3 Å². The van der Waals surface area contributed by atoms with Gasteiger partial charge in [-0.25, -0.2) is 4.99 Å². The molecule has 6 nitrogen and oxygen atoms in total. The van der Waals surface area contributed by atoms with E-state index >= 15 is 0 Å². The van der Waals surface area contributed by atoms with Crippen molar-refractivity contribution in [1.82, 2.24) is 10.2 Å². The van der Waals surface area contributed by atoms with Gasteiger partial charge in [-0.1, -0.05) is 54.6 Å². The molecular formula is C23H24N4O2. The predicted molar refractivity (Wildman–Crippen MR) is 116 cm³/mol. The lowest BCUT2D eigenvalue weighted by molar-refractivity contribution is 0.302. The molecule has 1 heterocycles. The summed E-state index contributed by atoms with van der Waals surface area (Å²) in [7, 11) is 3.61. The number of aliphatic imine (C=N–C) groups is 1. The van der Waals surface area contributed by atoms with Gasteiger partial charge in [-0.15, -0.1) is 0 Å². The van der Waals surface area contributed by atoms with E-state index in [1.807, 2.05) is 54.4 Å². The zero-order valence-electron chi connectivity index (χ0n) is 16.5. The summed E-state index contributed by atoms with van der Waals surface area (Å²) in [6.45, 7) is 0.705. The second-order valence-corrected chi connectivity index (χ2v) is 6.86. The lowest BCUT2D eigenvalue weighted by Gasteiger charge is -2.36. The molecule has 1 atom stereocenters. The summed E-state index contributed by atoms with van der Waals surface area (Å²) >= 11 is 0. The standard InChI is InChI=1S/C23H24N4O2/c1-27-22(24-15-16-9-4-3-5-10-16)17-11-8-14-20(29-2)21(17)26-23(27)25-18-12-6-7-13-19(18)28/h3-14,22,24,28H,15H2,1-2H3,(H,25,26). The number of rotatable bonds is 5. The summed E-state index contributed by atoms with van der Waals surface area (Å²) in [4.78, 5) is 6.82. The van der Waals surface area contributed by atoms with Crippen molar-refractivity contribution in [2.45, 2.75) is 12.7 Å². The molecule has 0 aromatic heterocycles. The Kier molecular flexibility index (Phi) is 5.35. The van der Waals surface area contributed by atoms with Gasteiger partial charge in [0.05, 0.1) is 12.8 Å². The maximum Gasteiger partial charge on any atom is 0.205 e. The fourth-order valence-electron chi connectivity index (χ4n) is 3.43. The molecule has 0 fully saturated rings. The molecule has 3 aromatic carbocycles. The van der Waals surface area contributed by atoms with E-state index in [4.69, 9.17) is 9.73 Å². The number of benzene rings is 3. The van der Waals surface area contributed by atoms with Gasteiger partial charge in [0.1, 0.15) is 23.4 Å². The van der Waals surface area contributed by atoms with E-state index in [1.165, 1.54) is 5.56 Å². The van der Waals surface area contributed by atoms with Gasteiger partial charge in [0.2, 0.25) is 5.96 Å². The number of phenolic OH excluding ortho intramolecular Hbond substituents is 1. The summed E-state index contributed by atoms with van der Waals surface area (Å²) < 4.78 is 5.55. The fraction of sp³-hybridized carbons (Fsp3) is 0.174. The van der Waals surface area contributed by atoms with E-state index in [0.29, 0.717) is 23.9 Å². The number of aromatic hydroxyl groups is 1. The van der Waals surface area contributed by atoms with E-state index in [-0.39, 0.29) is 11.9 Å². The third kappa shape index (κ3) is 3.88. The molecule has 0 spiro atoms. The van der Waals surface area contributed by atoms with Gasteiger partial charge in [-0.2, -0.15) is 0 Å². The highest BCUT2D eigenvalue weighted by Crippen LogP contribution is 2.40. The fourth-order valence-corrected chi connectivity index (χ4v) is 3.43. The van der Waals surface area contributed by atoms with Gasteiger partial charge in [-0.3, -0.25) is 5.32 Å². The van der Waals surface area contributed by atoms with Crippen molar-refractivity contribution in [3.05, 3.63) is 83.9 Å². The number of ether oxygens (including phenoxy) is 1. The number of nitrogens with zero attached hydrogens (tertiary/aromatic N) is 2. The van der Waals surface area contributed by atoms with Crippen LogP contribution in [0.3, 0.4) is 0 Å². The number of hydrogen-bond acceptors (Lipinski definition) is 6. The normalized spacial score (nSPS) is 15.4. The van der Waals surface area contributed by atoms with Crippen molar-refractivity contribution in [1.29, 1.82) is 0 Å². The zero-order chi connectivity index (χ0) is 20.2. The Hall–Kier alpha value is -3.51. The number of hydrogen-bond donors (Lipinski definition) is 3. The highest BCUT2D eigenvalue weighted by atomic mass is 16.5. The Labute approximate surface area is 170 Å². The average molecular weight is 388 g/mol.